The molecule has 0 bridgehead atoms. The Kier molecular flexibility index (Phi) is 2.98. The second-order valence-electron chi connectivity index (χ2n) is 5.13. The van der Waals surface area contributed by atoms with Gasteiger partial charge < -0.3 is 14.4 Å². The van der Waals surface area contributed by atoms with Crippen molar-refractivity contribution in [2.75, 3.05) is 13.6 Å². The molecule has 2 unspecified atom stereocenters. The number of aliphatic carboxylic acids is 1. The zero-order valence-corrected chi connectivity index (χ0v) is 10.7. The normalized spacial score (nSPS) is 22.0. The Morgan fingerprint density at radius 1 is 1.58 bits per heavy atom. The van der Waals surface area contributed by atoms with Gasteiger partial charge >= 0.3 is 5.97 Å². The summed E-state index contributed by atoms with van der Waals surface area (Å²) in [4.78, 5) is 17.0. The molecule has 3 rings (SSSR count). The second kappa shape index (κ2) is 4.66. The third kappa shape index (κ3) is 2.46. The topological polar surface area (TPSA) is 66.6 Å². The maximum Gasteiger partial charge on any atom is 0.308 e. The molecule has 1 saturated carbocycles. The lowest BCUT2D eigenvalue weighted by atomic mass is 10.1. The lowest BCUT2D eigenvalue weighted by Gasteiger charge is -2.15. The Morgan fingerprint density at radius 3 is 3.16 bits per heavy atom. The van der Waals surface area contributed by atoms with E-state index in [1.807, 2.05) is 25.2 Å². The van der Waals surface area contributed by atoms with Crippen LogP contribution in [0.5, 0.6) is 0 Å². The molecule has 1 fully saturated rings. The first-order valence-electron chi connectivity index (χ1n) is 6.40. The maximum atomic E-state index is 10.8. The molecular weight excluding hydrogens is 244 g/mol. The van der Waals surface area contributed by atoms with Crippen molar-refractivity contribution in [1.29, 1.82) is 0 Å². The molecule has 0 saturated heterocycles. The molecule has 1 aromatic carbocycles. The van der Waals surface area contributed by atoms with Crippen LogP contribution in [0.15, 0.2) is 29.0 Å². The second-order valence-corrected chi connectivity index (χ2v) is 5.13. The van der Waals surface area contributed by atoms with Gasteiger partial charge in [-0.3, -0.25) is 4.79 Å². The van der Waals surface area contributed by atoms with Crippen LogP contribution in [-0.4, -0.2) is 40.6 Å². The number of oxazole rings is 1. The molecule has 100 valence electrons. The van der Waals surface area contributed by atoms with Gasteiger partial charge in [-0.05, 0) is 37.6 Å². The SMILES string of the molecule is CN(CCc1ccc2ncoc2c1)C1CC1C(=O)O. The van der Waals surface area contributed by atoms with Gasteiger partial charge in [0.1, 0.15) is 5.52 Å². The molecule has 0 amide bonds. The van der Waals surface area contributed by atoms with E-state index < -0.39 is 5.97 Å². The number of likely N-dealkylation sites (N-methyl/N-ethyl adjacent to an activating group) is 1. The molecule has 5 heteroatoms. The van der Waals surface area contributed by atoms with E-state index in [2.05, 4.69) is 9.88 Å². The summed E-state index contributed by atoms with van der Waals surface area (Å²) in [5.74, 6) is -0.860. The summed E-state index contributed by atoms with van der Waals surface area (Å²) in [6.45, 7) is 0.855. The predicted molar refractivity (Wildman–Crippen MR) is 69.9 cm³/mol. The van der Waals surface area contributed by atoms with Gasteiger partial charge in [0.15, 0.2) is 12.0 Å². The number of nitrogens with zero attached hydrogens (tertiary/aromatic N) is 2. The maximum absolute atomic E-state index is 10.8. The monoisotopic (exact) mass is 260 g/mol. The van der Waals surface area contributed by atoms with Gasteiger partial charge in [0.2, 0.25) is 0 Å². The zero-order chi connectivity index (χ0) is 13.4. The minimum atomic E-state index is -0.681. The summed E-state index contributed by atoms with van der Waals surface area (Å²) < 4.78 is 5.27. The minimum absolute atomic E-state index is 0.179. The Morgan fingerprint density at radius 2 is 2.42 bits per heavy atom. The number of carboxylic acids is 1. The van der Waals surface area contributed by atoms with Crippen molar-refractivity contribution >= 4 is 17.1 Å². The van der Waals surface area contributed by atoms with Crippen molar-refractivity contribution in [2.45, 2.75) is 18.9 Å². The van der Waals surface area contributed by atoms with E-state index in [1.165, 1.54) is 12.0 Å². The lowest BCUT2D eigenvalue weighted by molar-refractivity contribution is -0.138. The standard InChI is InChI=1S/C14H16N2O3/c1-16(12-7-10(12)14(17)18)5-4-9-2-3-11-13(6-9)19-8-15-11/h2-3,6,8,10,12H,4-5,7H2,1H3,(H,17,18). The first kappa shape index (κ1) is 12.2. The van der Waals surface area contributed by atoms with Crippen LogP contribution in [0, 0.1) is 5.92 Å². The minimum Gasteiger partial charge on any atom is -0.481 e. The van der Waals surface area contributed by atoms with Gasteiger partial charge in [0, 0.05) is 12.6 Å². The number of hydrogen-bond donors (Lipinski definition) is 1. The largest absolute Gasteiger partial charge is 0.481 e. The highest BCUT2D eigenvalue weighted by Crippen LogP contribution is 2.35. The molecule has 1 heterocycles. The average molecular weight is 260 g/mol. The molecule has 5 nitrogen and oxygen atoms in total. The summed E-state index contributed by atoms with van der Waals surface area (Å²) in [5.41, 5.74) is 2.85. The number of carbonyl (C=O) groups is 1. The molecular formula is C14H16N2O3. The summed E-state index contributed by atoms with van der Waals surface area (Å²) in [5, 5.41) is 8.91. The highest BCUT2D eigenvalue weighted by atomic mass is 16.4. The number of fused-ring (bicyclic) bond motifs is 1. The fraction of sp³-hybridized carbons (Fsp3) is 0.429. The molecule has 1 N–H and O–H groups in total. The van der Waals surface area contributed by atoms with Crippen LogP contribution in [0.25, 0.3) is 11.1 Å². The molecule has 0 spiro atoms. The van der Waals surface area contributed by atoms with Crippen LogP contribution >= 0.6 is 0 Å². The fourth-order valence-corrected chi connectivity index (χ4v) is 2.46. The highest BCUT2D eigenvalue weighted by molar-refractivity contribution is 5.74. The van der Waals surface area contributed by atoms with E-state index in [4.69, 9.17) is 9.52 Å². The number of aromatic nitrogens is 1. The smallest absolute Gasteiger partial charge is 0.308 e. The van der Waals surface area contributed by atoms with Gasteiger partial charge in [0.05, 0.1) is 5.92 Å². The third-order valence-electron chi connectivity index (χ3n) is 3.79. The van der Waals surface area contributed by atoms with Crippen LogP contribution in [0.3, 0.4) is 0 Å². The van der Waals surface area contributed by atoms with Crippen LogP contribution in [-0.2, 0) is 11.2 Å². The summed E-state index contributed by atoms with van der Waals surface area (Å²) in [6.07, 6.45) is 3.10. The molecule has 0 radical (unpaired) electrons. The zero-order valence-electron chi connectivity index (χ0n) is 10.7. The summed E-state index contributed by atoms with van der Waals surface area (Å²) in [7, 11) is 1.99. The van der Waals surface area contributed by atoms with Crippen LogP contribution in [0.4, 0.5) is 0 Å². The molecule has 1 aliphatic rings. The Balaban J connectivity index is 1.58. The van der Waals surface area contributed by atoms with Gasteiger partial charge in [-0.25, -0.2) is 4.98 Å². The van der Waals surface area contributed by atoms with E-state index in [0.717, 1.165) is 30.5 Å². The quantitative estimate of drug-likeness (QED) is 0.887. The lowest BCUT2D eigenvalue weighted by Crippen LogP contribution is -2.26. The van der Waals surface area contributed by atoms with E-state index in [9.17, 15) is 4.79 Å². The number of hydrogen-bond acceptors (Lipinski definition) is 4. The first-order valence-corrected chi connectivity index (χ1v) is 6.40. The van der Waals surface area contributed by atoms with E-state index in [0.29, 0.717) is 0 Å². The van der Waals surface area contributed by atoms with Crippen molar-refractivity contribution in [3.05, 3.63) is 30.2 Å². The molecule has 1 aliphatic carbocycles. The van der Waals surface area contributed by atoms with Crippen molar-refractivity contribution in [1.82, 2.24) is 9.88 Å². The van der Waals surface area contributed by atoms with Crippen LogP contribution in [0.2, 0.25) is 0 Å². The highest BCUT2D eigenvalue weighted by Gasteiger charge is 2.45. The van der Waals surface area contributed by atoms with E-state index >= 15 is 0 Å². The van der Waals surface area contributed by atoms with Crippen LogP contribution in [0.1, 0.15) is 12.0 Å². The van der Waals surface area contributed by atoms with E-state index in [-0.39, 0.29) is 12.0 Å². The average Bonchev–Trinajstić information content (AvgIpc) is 3.07. The molecule has 0 aliphatic heterocycles. The summed E-state index contributed by atoms with van der Waals surface area (Å²) in [6, 6.07) is 6.19. The van der Waals surface area contributed by atoms with Crippen molar-refractivity contribution < 1.29 is 14.3 Å². The van der Waals surface area contributed by atoms with Crippen LogP contribution < -0.4 is 0 Å². The number of carboxylic acid groups (broad SMARTS) is 1. The molecule has 2 aromatic rings. The van der Waals surface area contributed by atoms with Gasteiger partial charge in [-0.1, -0.05) is 6.07 Å². The van der Waals surface area contributed by atoms with E-state index in [1.54, 1.807) is 0 Å². The Labute approximate surface area is 110 Å². The van der Waals surface area contributed by atoms with Crippen molar-refractivity contribution in [3.63, 3.8) is 0 Å². The van der Waals surface area contributed by atoms with Crippen molar-refractivity contribution in [3.8, 4) is 0 Å². The van der Waals surface area contributed by atoms with Gasteiger partial charge in [0.25, 0.3) is 0 Å². The Hall–Kier alpha value is -1.88. The third-order valence-corrected chi connectivity index (χ3v) is 3.79. The van der Waals surface area contributed by atoms with Gasteiger partial charge in [-0.15, -0.1) is 0 Å². The predicted octanol–water partition coefficient (Wildman–Crippen LogP) is 1.78. The number of rotatable bonds is 5. The first-order chi connectivity index (χ1) is 9.15. The molecule has 2 atom stereocenters. The fourth-order valence-electron chi connectivity index (χ4n) is 2.46. The molecule has 19 heavy (non-hydrogen) atoms. The van der Waals surface area contributed by atoms with Gasteiger partial charge in [-0.2, -0.15) is 0 Å². The summed E-state index contributed by atoms with van der Waals surface area (Å²) >= 11 is 0. The Bertz CT molecular complexity index is 608. The molecule has 1 aromatic heterocycles. The van der Waals surface area contributed by atoms with Crippen molar-refractivity contribution in [2.24, 2.45) is 5.92 Å². The number of benzene rings is 1.